The summed E-state index contributed by atoms with van der Waals surface area (Å²) in [6, 6.07) is 12.5. The monoisotopic (exact) mass is 686 g/mol. The topological polar surface area (TPSA) is 186 Å². The molecule has 1 aromatic carbocycles. The third-order valence-corrected chi connectivity index (χ3v) is 9.41. The molecule has 1 aromatic heterocycles. The average molecular weight is 687 g/mol. The highest BCUT2D eigenvalue weighted by Gasteiger charge is 2.31. The summed E-state index contributed by atoms with van der Waals surface area (Å²) in [5.74, 6) is 0.167. The number of nitrogens with one attached hydrogen (secondary N) is 3. The Kier molecular flexibility index (Phi) is 18.0. The summed E-state index contributed by atoms with van der Waals surface area (Å²) < 4.78 is 0. The van der Waals surface area contributed by atoms with Crippen LogP contribution in [0.2, 0.25) is 0 Å². The molecule has 5 amide bonds. The van der Waals surface area contributed by atoms with Gasteiger partial charge in [0.1, 0.15) is 18.1 Å². The van der Waals surface area contributed by atoms with Crippen LogP contribution in [0.1, 0.15) is 70.3 Å². The zero-order chi connectivity index (χ0) is 34.8. The van der Waals surface area contributed by atoms with Crippen LogP contribution in [-0.2, 0) is 41.9 Å². The summed E-state index contributed by atoms with van der Waals surface area (Å²) >= 11 is 3.17. The van der Waals surface area contributed by atoms with Crippen molar-refractivity contribution in [3.63, 3.8) is 0 Å². The zero-order valence-electron chi connectivity index (χ0n) is 27.8. The fourth-order valence-electron chi connectivity index (χ4n) is 4.67. The Morgan fingerprint density at radius 3 is 1.91 bits per heavy atom. The van der Waals surface area contributed by atoms with E-state index in [1.807, 2.05) is 76.2 Å². The summed E-state index contributed by atoms with van der Waals surface area (Å²) in [5.41, 5.74) is 13.4. The van der Waals surface area contributed by atoms with Crippen LogP contribution in [0.4, 0.5) is 0 Å². The van der Waals surface area contributed by atoms with E-state index in [2.05, 4.69) is 20.9 Å². The number of thioether (sulfide) groups is 2. The smallest absolute Gasteiger partial charge is 0.243 e. The van der Waals surface area contributed by atoms with Crippen LogP contribution in [0, 0.1) is 11.8 Å². The van der Waals surface area contributed by atoms with Gasteiger partial charge in [-0.1, -0.05) is 70.5 Å². The SMILES string of the molecule is CC[C@H](C)[C@H](NC(=O)[C@H](CC(C)C)NC(=O)[C@H](Cc1ccccc1)NC(=O)CCSCc1cccc(CSCCC(N)=O)n1)C(N)=O. The molecular weight excluding hydrogens is 637 g/mol. The lowest BCUT2D eigenvalue weighted by molar-refractivity contribution is -0.134. The van der Waals surface area contributed by atoms with Gasteiger partial charge in [0.15, 0.2) is 0 Å². The minimum atomic E-state index is -0.913. The first-order valence-electron chi connectivity index (χ1n) is 16.0. The van der Waals surface area contributed by atoms with Gasteiger partial charge in [0.05, 0.1) is 11.4 Å². The highest BCUT2D eigenvalue weighted by Crippen LogP contribution is 2.16. The predicted octanol–water partition coefficient (Wildman–Crippen LogP) is 3.09. The molecule has 0 saturated heterocycles. The van der Waals surface area contributed by atoms with Crippen LogP contribution in [0.15, 0.2) is 48.5 Å². The molecule has 0 fully saturated rings. The minimum Gasteiger partial charge on any atom is -0.370 e. The molecule has 13 heteroatoms. The fraction of sp³-hybridized carbons (Fsp3) is 0.529. The van der Waals surface area contributed by atoms with E-state index < -0.39 is 35.8 Å². The second kappa shape index (κ2) is 21.3. The van der Waals surface area contributed by atoms with E-state index in [0.29, 0.717) is 42.3 Å². The largest absolute Gasteiger partial charge is 0.370 e. The molecule has 0 bridgehead atoms. The van der Waals surface area contributed by atoms with Crippen molar-refractivity contribution in [2.75, 3.05) is 11.5 Å². The van der Waals surface area contributed by atoms with Crippen molar-refractivity contribution in [1.82, 2.24) is 20.9 Å². The molecule has 1 heterocycles. The number of aromatic nitrogens is 1. The lowest BCUT2D eigenvalue weighted by Gasteiger charge is -2.27. The number of rotatable bonds is 22. The van der Waals surface area contributed by atoms with Gasteiger partial charge in [-0.3, -0.25) is 29.0 Å². The van der Waals surface area contributed by atoms with E-state index in [9.17, 15) is 24.0 Å². The number of carbonyl (C=O) groups excluding carboxylic acids is 5. The van der Waals surface area contributed by atoms with Gasteiger partial charge in [-0.2, -0.15) is 23.5 Å². The number of pyridine rings is 1. The van der Waals surface area contributed by atoms with Gasteiger partial charge in [0.25, 0.3) is 0 Å². The number of nitrogens with zero attached hydrogens (tertiary/aromatic N) is 1. The molecule has 11 nitrogen and oxygen atoms in total. The fourth-order valence-corrected chi connectivity index (χ4v) is 6.37. The molecule has 2 aromatic rings. The summed E-state index contributed by atoms with van der Waals surface area (Å²) in [6.45, 7) is 7.61. The molecule has 0 aliphatic heterocycles. The van der Waals surface area contributed by atoms with Gasteiger partial charge in [-0.15, -0.1) is 0 Å². The van der Waals surface area contributed by atoms with Crippen LogP contribution in [-0.4, -0.2) is 64.2 Å². The molecule has 0 saturated carbocycles. The minimum absolute atomic E-state index is 0.0663. The Morgan fingerprint density at radius 1 is 0.766 bits per heavy atom. The molecular formula is C34H50N6O5S2. The zero-order valence-corrected chi connectivity index (χ0v) is 29.5. The third-order valence-electron chi connectivity index (χ3n) is 7.42. The first-order valence-corrected chi connectivity index (χ1v) is 18.3. The molecule has 0 aliphatic rings. The van der Waals surface area contributed by atoms with Crippen LogP contribution in [0.25, 0.3) is 0 Å². The van der Waals surface area contributed by atoms with E-state index in [1.54, 1.807) is 23.5 Å². The number of hydrogen-bond donors (Lipinski definition) is 5. The second-order valence-electron chi connectivity index (χ2n) is 12.0. The lowest BCUT2D eigenvalue weighted by atomic mass is 9.96. The number of benzene rings is 1. The normalized spacial score (nSPS) is 13.6. The Morgan fingerprint density at radius 2 is 1.36 bits per heavy atom. The van der Waals surface area contributed by atoms with Gasteiger partial charge >= 0.3 is 0 Å². The van der Waals surface area contributed by atoms with Crippen molar-refractivity contribution < 1.29 is 24.0 Å². The molecule has 7 N–H and O–H groups in total. The summed E-state index contributed by atoms with van der Waals surface area (Å²) in [6.07, 6.45) is 1.75. The highest BCUT2D eigenvalue weighted by molar-refractivity contribution is 7.98. The average Bonchev–Trinajstić information content (AvgIpc) is 3.03. The van der Waals surface area contributed by atoms with E-state index in [-0.39, 0.29) is 36.5 Å². The maximum Gasteiger partial charge on any atom is 0.243 e. The van der Waals surface area contributed by atoms with Gasteiger partial charge in [0, 0.05) is 42.3 Å². The van der Waals surface area contributed by atoms with E-state index in [0.717, 1.165) is 17.0 Å². The van der Waals surface area contributed by atoms with Crippen LogP contribution >= 0.6 is 23.5 Å². The van der Waals surface area contributed by atoms with Crippen LogP contribution in [0.5, 0.6) is 0 Å². The van der Waals surface area contributed by atoms with Gasteiger partial charge < -0.3 is 27.4 Å². The maximum atomic E-state index is 13.6. The molecule has 4 atom stereocenters. The standard InChI is InChI=1S/C34H50N6O5S2/c1-5-23(4)31(32(36)43)40-34(45)27(18-22(2)3)39-33(44)28(19-24-10-7-6-8-11-24)38-30(42)15-17-47-21-26-13-9-12-25(37-26)20-46-16-14-29(35)41/h6-13,22-23,27-28,31H,5,14-21H2,1-4H3,(H2,35,41)(H2,36,43)(H,38,42)(H,39,44)(H,40,45)/t23-,27-,28-,31-/m0/s1. The van der Waals surface area contributed by atoms with E-state index in [4.69, 9.17) is 11.5 Å². The van der Waals surface area contributed by atoms with Gasteiger partial charge in [-0.25, -0.2) is 0 Å². The van der Waals surface area contributed by atoms with E-state index in [1.165, 1.54) is 0 Å². The van der Waals surface area contributed by atoms with Crippen molar-refractivity contribution in [3.8, 4) is 0 Å². The van der Waals surface area contributed by atoms with Gasteiger partial charge in [-0.05, 0) is 36.0 Å². The number of hydrogen-bond acceptors (Lipinski definition) is 8. The molecule has 0 spiro atoms. The molecule has 258 valence electrons. The van der Waals surface area contributed by atoms with Crippen molar-refractivity contribution in [2.45, 2.75) is 89.4 Å². The summed E-state index contributed by atoms with van der Waals surface area (Å²) in [7, 11) is 0. The first-order chi connectivity index (χ1) is 22.4. The summed E-state index contributed by atoms with van der Waals surface area (Å²) in [5, 5.41) is 8.44. The summed E-state index contributed by atoms with van der Waals surface area (Å²) in [4.78, 5) is 67.6. The Bertz CT molecular complexity index is 1310. The van der Waals surface area contributed by atoms with Crippen molar-refractivity contribution in [3.05, 3.63) is 65.5 Å². The maximum absolute atomic E-state index is 13.6. The number of carbonyl (C=O) groups is 5. The lowest BCUT2D eigenvalue weighted by Crippen LogP contribution is -2.58. The van der Waals surface area contributed by atoms with E-state index >= 15 is 0 Å². The Balaban J connectivity index is 2.02. The predicted molar refractivity (Wildman–Crippen MR) is 189 cm³/mol. The second-order valence-corrected chi connectivity index (χ2v) is 14.2. The Hall–Kier alpha value is -3.58. The number of nitrogens with two attached hydrogens (primary N) is 2. The molecule has 0 radical (unpaired) electrons. The first kappa shape index (κ1) is 39.6. The number of amides is 5. The highest BCUT2D eigenvalue weighted by atomic mass is 32.2. The number of primary amides is 2. The molecule has 47 heavy (non-hydrogen) atoms. The van der Waals surface area contributed by atoms with Crippen molar-refractivity contribution >= 4 is 53.1 Å². The Labute approximate surface area is 286 Å². The molecule has 2 rings (SSSR count). The molecule has 0 unspecified atom stereocenters. The quantitative estimate of drug-likeness (QED) is 0.117. The van der Waals surface area contributed by atoms with Crippen LogP contribution in [0.3, 0.4) is 0 Å². The molecule has 0 aliphatic carbocycles. The van der Waals surface area contributed by atoms with Crippen molar-refractivity contribution in [2.24, 2.45) is 23.3 Å². The van der Waals surface area contributed by atoms with Crippen LogP contribution < -0.4 is 27.4 Å². The van der Waals surface area contributed by atoms with Crippen molar-refractivity contribution in [1.29, 1.82) is 0 Å². The third kappa shape index (κ3) is 15.7. The van der Waals surface area contributed by atoms with Gasteiger partial charge in [0.2, 0.25) is 29.5 Å².